The van der Waals surface area contributed by atoms with Crippen molar-refractivity contribution in [1.29, 1.82) is 0 Å². The fraction of sp³-hybridized carbons (Fsp3) is 0.421. The van der Waals surface area contributed by atoms with Crippen LogP contribution in [0, 0.1) is 6.92 Å². The first kappa shape index (κ1) is 18.1. The Hall–Kier alpha value is -2.32. The zero-order valence-electron chi connectivity index (χ0n) is 15.4. The number of nitrogens with zero attached hydrogens (tertiary/aromatic N) is 2. The minimum atomic E-state index is -0.406. The number of thioether (sulfide) groups is 1. The summed E-state index contributed by atoms with van der Waals surface area (Å²) < 4.78 is 7.15. The van der Waals surface area contributed by atoms with Crippen molar-refractivity contribution in [2.75, 3.05) is 17.2 Å². The number of rotatable bonds is 4. The molecule has 4 rings (SSSR count). The number of aromatic nitrogens is 2. The van der Waals surface area contributed by atoms with Gasteiger partial charge in [-0.3, -0.25) is 14.3 Å². The van der Waals surface area contributed by atoms with Gasteiger partial charge in [0.2, 0.25) is 0 Å². The van der Waals surface area contributed by atoms with Gasteiger partial charge in [-0.15, -0.1) is 0 Å². The first-order valence-electron chi connectivity index (χ1n) is 9.00. The number of ether oxygens (including phenoxy) is 1. The quantitative estimate of drug-likeness (QED) is 0.844. The van der Waals surface area contributed by atoms with Gasteiger partial charge in [0, 0.05) is 42.0 Å². The standard InChI is InChI=1S/C19H22N4O3S/c1-11-12(5-3-6-14(11)20-19(25)16-7-4-8-26-16)18(24)21-17-13-9-27-10-15(13)22-23(17)2/h3,5-6,16H,4,7-10H2,1-2H3,(H,20,25)(H,21,24). The van der Waals surface area contributed by atoms with E-state index >= 15 is 0 Å². The highest BCUT2D eigenvalue weighted by Crippen LogP contribution is 2.34. The van der Waals surface area contributed by atoms with E-state index in [2.05, 4.69) is 15.7 Å². The van der Waals surface area contributed by atoms with E-state index in [0.29, 0.717) is 17.9 Å². The Labute approximate surface area is 161 Å². The van der Waals surface area contributed by atoms with Crippen LogP contribution in [0.15, 0.2) is 18.2 Å². The number of anilines is 2. The summed E-state index contributed by atoms with van der Waals surface area (Å²) in [6.07, 6.45) is 1.22. The Kier molecular flexibility index (Phi) is 4.92. The lowest BCUT2D eigenvalue weighted by molar-refractivity contribution is -0.124. The van der Waals surface area contributed by atoms with Crippen molar-refractivity contribution in [3.05, 3.63) is 40.6 Å². The maximum absolute atomic E-state index is 12.9. The number of aryl methyl sites for hydroxylation is 1. The molecule has 1 fully saturated rings. The second-order valence-electron chi connectivity index (χ2n) is 6.81. The Morgan fingerprint density at radius 3 is 2.93 bits per heavy atom. The van der Waals surface area contributed by atoms with Crippen LogP contribution < -0.4 is 10.6 Å². The predicted molar refractivity (Wildman–Crippen MR) is 105 cm³/mol. The van der Waals surface area contributed by atoms with Crippen molar-refractivity contribution >= 4 is 35.1 Å². The maximum atomic E-state index is 12.9. The van der Waals surface area contributed by atoms with Crippen LogP contribution in [-0.4, -0.2) is 34.3 Å². The molecule has 0 radical (unpaired) electrons. The second-order valence-corrected chi connectivity index (χ2v) is 7.80. The zero-order chi connectivity index (χ0) is 19.0. The molecule has 1 aromatic carbocycles. The van der Waals surface area contributed by atoms with Crippen molar-refractivity contribution in [3.63, 3.8) is 0 Å². The van der Waals surface area contributed by atoms with Gasteiger partial charge in [0.05, 0.1) is 5.69 Å². The largest absolute Gasteiger partial charge is 0.368 e. The van der Waals surface area contributed by atoms with Gasteiger partial charge in [-0.05, 0) is 37.5 Å². The summed E-state index contributed by atoms with van der Waals surface area (Å²) >= 11 is 1.79. The van der Waals surface area contributed by atoms with E-state index in [-0.39, 0.29) is 11.8 Å². The third kappa shape index (κ3) is 3.46. The smallest absolute Gasteiger partial charge is 0.257 e. The van der Waals surface area contributed by atoms with Crippen LogP contribution in [-0.2, 0) is 28.1 Å². The topological polar surface area (TPSA) is 85.2 Å². The molecule has 0 spiro atoms. The highest BCUT2D eigenvalue weighted by atomic mass is 32.2. The molecule has 27 heavy (non-hydrogen) atoms. The summed E-state index contributed by atoms with van der Waals surface area (Å²) in [4.78, 5) is 25.2. The van der Waals surface area contributed by atoms with Crippen LogP contribution in [0.2, 0.25) is 0 Å². The molecule has 2 aliphatic heterocycles. The summed E-state index contributed by atoms with van der Waals surface area (Å²) in [5.41, 5.74) is 4.02. The van der Waals surface area contributed by atoms with Crippen molar-refractivity contribution in [3.8, 4) is 0 Å². The number of fused-ring (bicyclic) bond motifs is 1. The van der Waals surface area contributed by atoms with E-state index in [1.807, 2.05) is 14.0 Å². The van der Waals surface area contributed by atoms with Gasteiger partial charge in [-0.1, -0.05) is 6.07 Å². The molecule has 1 unspecified atom stereocenters. The molecule has 0 bridgehead atoms. The predicted octanol–water partition coefficient (Wildman–Crippen LogP) is 2.85. The summed E-state index contributed by atoms with van der Waals surface area (Å²) in [5.74, 6) is 2.11. The number of nitrogens with one attached hydrogen (secondary N) is 2. The van der Waals surface area contributed by atoms with Gasteiger partial charge >= 0.3 is 0 Å². The fourth-order valence-electron chi connectivity index (χ4n) is 3.49. The molecule has 142 valence electrons. The van der Waals surface area contributed by atoms with Gasteiger partial charge in [0.25, 0.3) is 11.8 Å². The number of carbonyl (C=O) groups is 2. The van der Waals surface area contributed by atoms with E-state index in [4.69, 9.17) is 4.74 Å². The maximum Gasteiger partial charge on any atom is 0.257 e. The normalized spacial score (nSPS) is 18.4. The van der Waals surface area contributed by atoms with Crippen LogP contribution in [0.5, 0.6) is 0 Å². The zero-order valence-corrected chi connectivity index (χ0v) is 16.2. The first-order valence-corrected chi connectivity index (χ1v) is 10.2. The summed E-state index contributed by atoms with van der Waals surface area (Å²) in [5, 5.41) is 10.4. The SMILES string of the molecule is Cc1c(NC(=O)C2CCCO2)cccc1C(=O)Nc1c2c(nn1C)CSC2. The second kappa shape index (κ2) is 7.36. The van der Waals surface area contributed by atoms with Crippen molar-refractivity contribution in [2.24, 2.45) is 7.05 Å². The molecular weight excluding hydrogens is 364 g/mol. The van der Waals surface area contributed by atoms with E-state index in [0.717, 1.165) is 47.0 Å². The molecule has 2 N–H and O–H groups in total. The Bertz CT molecular complexity index is 903. The van der Waals surface area contributed by atoms with Crippen LogP contribution in [0.4, 0.5) is 11.5 Å². The van der Waals surface area contributed by atoms with Gasteiger partial charge < -0.3 is 15.4 Å². The minimum Gasteiger partial charge on any atom is -0.368 e. The summed E-state index contributed by atoms with van der Waals surface area (Å²) in [7, 11) is 1.84. The highest BCUT2D eigenvalue weighted by molar-refractivity contribution is 7.98. The minimum absolute atomic E-state index is 0.158. The number of hydrogen-bond donors (Lipinski definition) is 2. The molecule has 2 aliphatic rings. The van der Waals surface area contributed by atoms with Crippen molar-refractivity contribution < 1.29 is 14.3 Å². The molecule has 0 saturated carbocycles. The van der Waals surface area contributed by atoms with Crippen molar-refractivity contribution in [1.82, 2.24) is 9.78 Å². The van der Waals surface area contributed by atoms with Crippen LogP contribution >= 0.6 is 11.8 Å². The molecular formula is C19H22N4O3S. The Balaban J connectivity index is 1.53. The van der Waals surface area contributed by atoms with Crippen LogP contribution in [0.1, 0.15) is 40.0 Å². The van der Waals surface area contributed by atoms with Crippen LogP contribution in [0.3, 0.4) is 0 Å². The molecule has 1 saturated heterocycles. The Morgan fingerprint density at radius 1 is 1.30 bits per heavy atom. The summed E-state index contributed by atoms with van der Waals surface area (Å²) in [6.45, 7) is 2.45. The van der Waals surface area contributed by atoms with Crippen molar-refractivity contribution in [2.45, 2.75) is 37.4 Å². The van der Waals surface area contributed by atoms with E-state index in [1.54, 1.807) is 34.6 Å². The molecule has 7 nitrogen and oxygen atoms in total. The molecule has 1 atom stereocenters. The molecule has 2 amide bonds. The van der Waals surface area contributed by atoms with Crippen LogP contribution in [0.25, 0.3) is 0 Å². The first-order chi connectivity index (χ1) is 13.0. The average Bonchev–Trinajstić information content (AvgIpc) is 3.37. The average molecular weight is 386 g/mol. The fourth-order valence-corrected chi connectivity index (χ4v) is 4.52. The molecule has 3 heterocycles. The molecule has 8 heteroatoms. The summed E-state index contributed by atoms with van der Waals surface area (Å²) in [6, 6.07) is 5.34. The third-order valence-electron chi connectivity index (χ3n) is 5.00. The number of hydrogen-bond acceptors (Lipinski definition) is 5. The number of amides is 2. The van der Waals surface area contributed by atoms with Gasteiger partial charge in [0.1, 0.15) is 11.9 Å². The molecule has 0 aliphatic carbocycles. The lowest BCUT2D eigenvalue weighted by Gasteiger charge is -2.15. The van der Waals surface area contributed by atoms with E-state index < -0.39 is 6.10 Å². The number of benzene rings is 1. The van der Waals surface area contributed by atoms with Gasteiger partial charge in [0.15, 0.2) is 0 Å². The van der Waals surface area contributed by atoms with Gasteiger partial charge in [-0.25, -0.2) is 0 Å². The lowest BCUT2D eigenvalue weighted by Crippen LogP contribution is -2.27. The third-order valence-corrected chi connectivity index (χ3v) is 5.97. The lowest BCUT2D eigenvalue weighted by atomic mass is 10.1. The number of carbonyl (C=O) groups excluding carboxylic acids is 2. The highest BCUT2D eigenvalue weighted by Gasteiger charge is 2.26. The molecule has 2 aromatic rings. The van der Waals surface area contributed by atoms with E-state index in [1.165, 1.54) is 0 Å². The van der Waals surface area contributed by atoms with E-state index in [9.17, 15) is 9.59 Å². The monoisotopic (exact) mass is 386 g/mol. The molecule has 1 aromatic heterocycles. The van der Waals surface area contributed by atoms with Gasteiger partial charge in [-0.2, -0.15) is 16.9 Å². The Morgan fingerprint density at radius 2 is 2.15 bits per heavy atom.